The Morgan fingerprint density at radius 1 is 1.22 bits per heavy atom. The molecule has 18 heavy (non-hydrogen) atoms. The fourth-order valence-electron chi connectivity index (χ4n) is 2.84. The number of hydrogen-bond acceptors (Lipinski definition) is 3. The maximum Gasteiger partial charge on any atom is 0.127 e. The van der Waals surface area contributed by atoms with E-state index in [-0.39, 0.29) is 5.54 Å². The highest BCUT2D eigenvalue weighted by molar-refractivity contribution is 7.99. The molecule has 1 saturated carbocycles. The van der Waals surface area contributed by atoms with Crippen LogP contribution in [0.5, 0.6) is 0 Å². The summed E-state index contributed by atoms with van der Waals surface area (Å²) in [4.78, 5) is 4.94. The molecule has 0 radical (unpaired) electrons. The van der Waals surface area contributed by atoms with Crippen molar-refractivity contribution in [2.24, 2.45) is 0 Å². The number of aromatic nitrogens is 2. The summed E-state index contributed by atoms with van der Waals surface area (Å²) in [5, 5.41) is 0. The number of imidazole rings is 1. The van der Waals surface area contributed by atoms with Gasteiger partial charge in [0.25, 0.3) is 0 Å². The summed E-state index contributed by atoms with van der Waals surface area (Å²) in [5.41, 5.74) is 7.65. The Morgan fingerprint density at radius 2 is 1.94 bits per heavy atom. The number of thioether (sulfide) groups is 1. The zero-order valence-corrected chi connectivity index (χ0v) is 12.4. The van der Waals surface area contributed by atoms with Gasteiger partial charge in [-0.15, -0.1) is 0 Å². The van der Waals surface area contributed by atoms with Crippen molar-refractivity contribution in [2.45, 2.75) is 57.4 Å². The summed E-state index contributed by atoms with van der Waals surface area (Å²) in [6.07, 6.45) is 3.80. The average molecular weight is 265 g/mol. The van der Waals surface area contributed by atoms with Crippen molar-refractivity contribution in [1.29, 1.82) is 0 Å². The Balaban J connectivity index is 2.05. The molecule has 3 rings (SSSR count). The first-order valence-electron chi connectivity index (χ1n) is 6.94. The molecule has 0 bridgehead atoms. The Hall–Kier alpha value is -0.640. The number of hydrogen-bond donors (Lipinski definition) is 1. The second-order valence-electron chi connectivity index (χ2n) is 6.58. The Bertz CT molecular complexity index is 448. The van der Waals surface area contributed by atoms with Gasteiger partial charge in [-0.2, -0.15) is 11.8 Å². The molecule has 1 aromatic heterocycles. The van der Waals surface area contributed by atoms with Gasteiger partial charge in [0.2, 0.25) is 0 Å². The summed E-state index contributed by atoms with van der Waals surface area (Å²) in [7, 11) is 0. The normalized spacial score (nSPS) is 24.7. The summed E-state index contributed by atoms with van der Waals surface area (Å²) in [6.45, 7) is 6.68. The molecule has 2 N–H and O–H groups in total. The maximum absolute atomic E-state index is 6.43. The van der Waals surface area contributed by atoms with E-state index in [1.54, 1.807) is 0 Å². The first-order valence-corrected chi connectivity index (χ1v) is 8.10. The Morgan fingerprint density at radius 3 is 2.44 bits per heavy atom. The van der Waals surface area contributed by atoms with Crippen LogP contribution in [0, 0.1) is 0 Å². The van der Waals surface area contributed by atoms with Crippen molar-refractivity contribution >= 4 is 17.6 Å². The standard InChI is InChI=1S/C14H23N3S/c1-14(2,3)17-12(15)11(10-6-7-18-8-10)16-13(17)9-4-5-9/h9-10H,4-8,15H2,1-3H3. The number of nitrogens with two attached hydrogens (primary N) is 1. The van der Waals surface area contributed by atoms with Gasteiger partial charge >= 0.3 is 0 Å². The third-order valence-electron chi connectivity index (χ3n) is 3.90. The van der Waals surface area contributed by atoms with Gasteiger partial charge in [-0.1, -0.05) is 0 Å². The smallest absolute Gasteiger partial charge is 0.127 e. The average Bonchev–Trinajstić information content (AvgIpc) is 2.85. The zero-order chi connectivity index (χ0) is 12.9. The van der Waals surface area contributed by atoms with Crippen molar-refractivity contribution in [3.05, 3.63) is 11.5 Å². The fourth-order valence-corrected chi connectivity index (χ4v) is 4.07. The molecule has 2 aliphatic rings. The molecule has 1 unspecified atom stereocenters. The van der Waals surface area contributed by atoms with Crippen LogP contribution in [0.4, 0.5) is 5.82 Å². The van der Waals surface area contributed by atoms with Crippen molar-refractivity contribution in [3.8, 4) is 0 Å². The third kappa shape index (κ3) is 2.04. The van der Waals surface area contributed by atoms with E-state index in [9.17, 15) is 0 Å². The highest BCUT2D eigenvalue weighted by Crippen LogP contribution is 2.45. The molecule has 1 atom stereocenters. The molecule has 4 heteroatoms. The lowest BCUT2D eigenvalue weighted by atomic mass is 10.0. The van der Waals surface area contributed by atoms with Crippen LogP contribution in [-0.2, 0) is 5.54 Å². The summed E-state index contributed by atoms with van der Waals surface area (Å²) >= 11 is 2.03. The highest BCUT2D eigenvalue weighted by atomic mass is 32.2. The predicted octanol–water partition coefficient (Wildman–Crippen LogP) is 3.32. The lowest BCUT2D eigenvalue weighted by molar-refractivity contribution is 0.388. The van der Waals surface area contributed by atoms with E-state index in [0.29, 0.717) is 11.8 Å². The summed E-state index contributed by atoms with van der Waals surface area (Å²) in [5.74, 6) is 5.86. The van der Waals surface area contributed by atoms with Gasteiger partial charge in [0.15, 0.2) is 0 Å². The highest BCUT2D eigenvalue weighted by Gasteiger charge is 2.36. The Labute approximate surface area is 114 Å². The molecule has 0 spiro atoms. The van der Waals surface area contributed by atoms with E-state index in [1.165, 1.54) is 42.3 Å². The van der Waals surface area contributed by atoms with Crippen LogP contribution < -0.4 is 5.73 Å². The molecule has 1 aromatic rings. The van der Waals surface area contributed by atoms with Gasteiger partial charge < -0.3 is 10.3 Å². The molecule has 2 fully saturated rings. The monoisotopic (exact) mass is 265 g/mol. The molecular formula is C14H23N3S. The first kappa shape index (κ1) is 12.4. The second-order valence-corrected chi connectivity index (χ2v) is 7.73. The van der Waals surface area contributed by atoms with Crippen LogP contribution >= 0.6 is 11.8 Å². The van der Waals surface area contributed by atoms with E-state index in [2.05, 4.69) is 25.3 Å². The van der Waals surface area contributed by atoms with E-state index < -0.39 is 0 Å². The number of anilines is 1. The summed E-state index contributed by atoms with van der Waals surface area (Å²) < 4.78 is 2.29. The Kier molecular flexibility index (Phi) is 2.88. The van der Waals surface area contributed by atoms with Crippen molar-refractivity contribution in [1.82, 2.24) is 9.55 Å². The lowest BCUT2D eigenvalue weighted by Crippen LogP contribution is -2.25. The molecule has 1 aliphatic carbocycles. The quantitative estimate of drug-likeness (QED) is 0.892. The second kappa shape index (κ2) is 4.19. The minimum atomic E-state index is 0.0407. The first-order chi connectivity index (χ1) is 8.48. The van der Waals surface area contributed by atoms with Crippen molar-refractivity contribution in [3.63, 3.8) is 0 Å². The number of nitrogen functional groups attached to an aromatic ring is 1. The van der Waals surface area contributed by atoms with Crippen LogP contribution in [0.1, 0.15) is 63.4 Å². The van der Waals surface area contributed by atoms with Gasteiger partial charge in [-0.25, -0.2) is 4.98 Å². The minimum Gasteiger partial charge on any atom is -0.384 e. The van der Waals surface area contributed by atoms with Crippen LogP contribution in [0.2, 0.25) is 0 Å². The van der Waals surface area contributed by atoms with Crippen LogP contribution in [0.25, 0.3) is 0 Å². The van der Waals surface area contributed by atoms with Crippen molar-refractivity contribution in [2.75, 3.05) is 17.2 Å². The van der Waals surface area contributed by atoms with Crippen LogP contribution in [-0.4, -0.2) is 21.1 Å². The minimum absolute atomic E-state index is 0.0407. The molecular weight excluding hydrogens is 242 g/mol. The van der Waals surface area contributed by atoms with Gasteiger partial charge in [-0.3, -0.25) is 0 Å². The van der Waals surface area contributed by atoms with E-state index in [4.69, 9.17) is 10.7 Å². The van der Waals surface area contributed by atoms with E-state index >= 15 is 0 Å². The van der Waals surface area contributed by atoms with Gasteiger partial charge in [0, 0.05) is 23.1 Å². The molecule has 1 saturated heterocycles. The topological polar surface area (TPSA) is 43.8 Å². The van der Waals surface area contributed by atoms with Crippen LogP contribution in [0.15, 0.2) is 0 Å². The van der Waals surface area contributed by atoms with Gasteiger partial charge in [-0.05, 0) is 45.8 Å². The van der Waals surface area contributed by atoms with Gasteiger partial charge in [0.05, 0.1) is 5.69 Å². The molecule has 2 heterocycles. The van der Waals surface area contributed by atoms with E-state index in [1.807, 2.05) is 11.8 Å². The summed E-state index contributed by atoms with van der Waals surface area (Å²) in [6, 6.07) is 0. The maximum atomic E-state index is 6.43. The number of nitrogens with zero attached hydrogens (tertiary/aromatic N) is 2. The third-order valence-corrected chi connectivity index (χ3v) is 5.06. The molecule has 0 amide bonds. The SMILES string of the molecule is CC(C)(C)n1c(C2CC2)nc(C2CCSC2)c1N. The number of rotatable bonds is 2. The van der Waals surface area contributed by atoms with Gasteiger partial charge in [0.1, 0.15) is 11.6 Å². The van der Waals surface area contributed by atoms with Crippen molar-refractivity contribution < 1.29 is 0 Å². The fraction of sp³-hybridized carbons (Fsp3) is 0.786. The predicted molar refractivity (Wildman–Crippen MR) is 78.3 cm³/mol. The lowest BCUT2D eigenvalue weighted by Gasteiger charge is -2.25. The molecule has 0 aromatic carbocycles. The van der Waals surface area contributed by atoms with E-state index in [0.717, 1.165) is 5.82 Å². The largest absolute Gasteiger partial charge is 0.384 e. The molecule has 3 nitrogen and oxygen atoms in total. The molecule has 1 aliphatic heterocycles. The zero-order valence-electron chi connectivity index (χ0n) is 11.6. The molecule has 100 valence electrons. The van der Waals surface area contributed by atoms with Crippen LogP contribution in [0.3, 0.4) is 0 Å².